The van der Waals surface area contributed by atoms with E-state index in [-0.39, 0.29) is 5.60 Å². The van der Waals surface area contributed by atoms with E-state index in [4.69, 9.17) is 21.6 Å². The highest BCUT2D eigenvalue weighted by molar-refractivity contribution is 6.32. The number of ether oxygens (including phenoxy) is 1. The maximum Gasteiger partial charge on any atom is 0.142 e. The molecule has 1 aliphatic rings. The van der Waals surface area contributed by atoms with E-state index in [2.05, 4.69) is 6.07 Å². The minimum Gasteiger partial charge on any atom is -0.486 e. The molecule has 0 unspecified atom stereocenters. The summed E-state index contributed by atoms with van der Waals surface area (Å²) in [4.78, 5) is 0. The van der Waals surface area contributed by atoms with E-state index < -0.39 is 0 Å². The third-order valence-electron chi connectivity index (χ3n) is 2.29. The van der Waals surface area contributed by atoms with Gasteiger partial charge in [-0.25, -0.2) is 0 Å². The van der Waals surface area contributed by atoms with Crippen molar-refractivity contribution < 1.29 is 4.74 Å². The van der Waals surface area contributed by atoms with Crippen LogP contribution in [0.4, 0.5) is 0 Å². The van der Waals surface area contributed by atoms with Crippen LogP contribution >= 0.6 is 11.6 Å². The zero-order chi connectivity index (χ0) is 10.3. The van der Waals surface area contributed by atoms with Crippen LogP contribution in [0.15, 0.2) is 12.1 Å². The third kappa shape index (κ3) is 1.34. The van der Waals surface area contributed by atoms with E-state index in [0.29, 0.717) is 16.3 Å². The summed E-state index contributed by atoms with van der Waals surface area (Å²) in [6.45, 7) is 4.00. The second kappa shape index (κ2) is 2.90. The fraction of sp³-hybridized carbons (Fsp3) is 0.364. The molecule has 2 nitrogen and oxygen atoms in total. The Bertz CT molecular complexity index is 432. The van der Waals surface area contributed by atoms with Crippen molar-refractivity contribution in [1.29, 1.82) is 5.26 Å². The normalized spacial score (nSPS) is 17.0. The maximum absolute atomic E-state index is 8.94. The first kappa shape index (κ1) is 9.36. The molecule has 0 spiro atoms. The van der Waals surface area contributed by atoms with Crippen LogP contribution in [0.25, 0.3) is 0 Å². The van der Waals surface area contributed by atoms with Crippen LogP contribution in [0.3, 0.4) is 0 Å². The number of nitriles is 1. The second-order valence-electron chi connectivity index (χ2n) is 4.06. The monoisotopic (exact) mass is 207 g/mol. The van der Waals surface area contributed by atoms with Gasteiger partial charge in [0.2, 0.25) is 0 Å². The zero-order valence-electron chi connectivity index (χ0n) is 8.10. The lowest BCUT2D eigenvalue weighted by Crippen LogP contribution is -2.24. The average Bonchev–Trinajstić information content (AvgIpc) is 2.39. The molecule has 1 aromatic carbocycles. The molecule has 0 bridgehead atoms. The molecule has 1 heterocycles. The summed E-state index contributed by atoms with van der Waals surface area (Å²) in [5.41, 5.74) is 1.30. The lowest BCUT2D eigenvalue weighted by Gasteiger charge is -2.17. The van der Waals surface area contributed by atoms with Gasteiger partial charge in [0.05, 0.1) is 5.02 Å². The Labute approximate surface area is 88.1 Å². The average molecular weight is 208 g/mol. The molecule has 0 saturated carbocycles. The SMILES string of the molecule is CC1(C)Cc2ccc(Cl)c(C#N)c2O1. The van der Waals surface area contributed by atoms with Crippen molar-refractivity contribution >= 4 is 11.6 Å². The van der Waals surface area contributed by atoms with Gasteiger partial charge >= 0.3 is 0 Å². The Balaban J connectivity index is 2.59. The van der Waals surface area contributed by atoms with E-state index in [1.54, 1.807) is 6.07 Å². The van der Waals surface area contributed by atoms with Crippen LogP contribution in [0.2, 0.25) is 5.02 Å². The zero-order valence-corrected chi connectivity index (χ0v) is 8.85. The lowest BCUT2D eigenvalue weighted by molar-refractivity contribution is 0.138. The molecule has 0 atom stereocenters. The molecular weight excluding hydrogens is 198 g/mol. The summed E-state index contributed by atoms with van der Waals surface area (Å²) in [5, 5.41) is 9.40. The Kier molecular flexibility index (Phi) is 1.94. The summed E-state index contributed by atoms with van der Waals surface area (Å²) < 4.78 is 5.69. The third-order valence-corrected chi connectivity index (χ3v) is 2.61. The number of hydrogen-bond donors (Lipinski definition) is 0. The van der Waals surface area contributed by atoms with Gasteiger partial charge < -0.3 is 4.74 Å². The van der Waals surface area contributed by atoms with E-state index in [1.807, 2.05) is 19.9 Å². The highest BCUT2D eigenvalue weighted by atomic mass is 35.5. The van der Waals surface area contributed by atoms with Crippen LogP contribution in [-0.4, -0.2) is 5.60 Å². The van der Waals surface area contributed by atoms with Crippen molar-refractivity contribution in [2.45, 2.75) is 25.9 Å². The maximum atomic E-state index is 8.94. The van der Waals surface area contributed by atoms with Gasteiger partial charge in [0, 0.05) is 6.42 Å². The van der Waals surface area contributed by atoms with E-state index in [1.165, 1.54) is 0 Å². The highest BCUT2D eigenvalue weighted by Crippen LogP contribution is 2.39. The number of hydrogen-bond acceptors (Lipinski definition) is 2. The fourth-order valence-electron chi connectivity index (χ4n) is 1.73. The van der Waals surface area contributed by atoms with Crippen molar-refractivity contribution in [3.05, 3.63) is 28.3 Å². The second-order valence-corrected chi connectivity index (χ2v) is 4.47. The first-order valence-corrected chi connectivity index (χ1v) is 4.82. The Hall–Kier alpha value is -1.20. The molecular formula is C11H10ClNO. The summed E-state index contributed by atoms with van der Waals surface area (Å²) in [5.74, 6) is 0.657. The molecule has 0 N–H and O–H groups in total. The van der Waals surface area contributed by atoms with Gasteiger partial charge in [-0.1, -0.05) is 17.7 Å². The number of halogens is 1. The minimum absolute atomic E-state index is 0.224. The predicted molar refractivity (Wildman–Crippen MR) is 54.6 cm³/mol. The molecule has 0 aromatic heterocycles. The van der Waals surface area contributed by atoms with Gasteiger partial charge in [-0.2, -0.15) is 5.26 Å². The van der Waals surface area contributed by atoms with E-state index in [0.717, 1.165) is 12.0 Å². The molecule has 0 fully saturated rings. The van der Waals surface area contributed by atoms with Gasteiger partial charge in [-0.05, 0) is 25.5 Å². The summed E-state index contributed by atoms with van der Waals surface area (Å²) >= 11 is 5.90. The Morgan fingerprint density at radius 2 is 2.21 bits per heavy atom. The van der Waals surface area contributed by atoms with Crippen molar-refractivity contribution in [1.82, 2.24) is 0 Å². The molecule has 0 aliphatic carbocycles. The van der Waals surface area contributed by atoms with Crippen molar-refractivity contribution in [2.75, 3.05) is 0 Å². The lowest BCUT2D eigenvalue weighted by atomic mass is 10.0. The van der Waals surface area contributed by atoms with Gasteiger partial charge in [0.25, 0.3) is 0 Å². The fourth-order valence-corrected chi connectivity index (χ4v) is 1.92. The molecule has 0 amide bonds. The van der Waals surface area contributed by atoms with Crippen LogP contribution in [0, 0.1) is 11.3 Å². The van der Waals surface area contributed by atoms with Crippen LogP contribution in [0.5, 0.6) is 5.75 Å². The highest BCUT2D eigenvalue weighted by Gasteiger charge is 2.32. The minimum atomic E-state index is -0.224. The number of rotatable bonds is 0. The smallest absolute Gasteiger partial charge is 0.142 e. The van der Waals surface area contributed by atoms with Crippen LogP contribution in [-0.2, 0) is 6.42 Å². The number of nitrogens with zero attached hydrogens (tertiary/aromatic N) is 1. The van der Waals surface area contributed by atoms with Gasteiger partial charge in [0.15, 0.2) is 0 Å². The van der Waals surface area contributed by atoms with Crippen molar-refractivity contribution in [2.24, 2.45) is 0 Å². The van der Waals surface area contributed by atoms with E-state index >= 15 is 0 Å². The Morgan fingerprint density at radius 3 is 2.86 bits per heavy atom. The van der Waals surface area contributed by atoms with Gasteiger partial charge in [-0.3, -0.25) is 0 Å². The number of fused-ring (bicyclic) bond motifs is 1. The standard InChI is InChI=1S/C11H10ClNO/c1-11(2)5-7-3-4-9(12)8(6-13)10(7)14-11/h3-4H,5H2,1-2H3. The molecule has 1 aromatic rings. The summed E-state index contributed by atoms with van der Waals surface area (Å²) in [7, 11) is 0. The van der Waals surface area contributed by atoms with Gasteiger partial charge in [0.1, 0.15) is 23.0 Å². The van der Waals surface area contributed by atoms with Crippen molar-refractivity contribution in [3.8, 4) is 11.8 Å². The predicted octanol–water partition coefficient (Wildman–Crippen LogP) is 2.93. The topological polar surface area (TPSA) is 33.0 Å². The molecule has 3 heteroatoms. The molecule has 1 aliphatic heterocycles. The molecule has 0 radical (unpaired) electrons. The first-order valence-electron chi connectivity index (χ1n) is 4.44. The van der Waals surface area contributed by atoms with Gasteiger partial charge in [-0.15, -0.1) is 0 Å². The quantitative estimate of drug-likeness (QED) is 0.655. The number of benzene rings is 1. The van der Waals surface area contributed by atoms with E-state index in [9.17, 15) is 0 Å². The van der Waals surface area contributed by atoms with Crippen molar-refractivity contribution in [3.63, 3.8) is 0 Å². The molecule has 72 valence electrons. The molecule has 14 heavy (non-hydrogen) atoms. The Morgan fingerprint density at radius 1 is 1.50 bits per heavy atom. The molecule has 2 rings (SSSR count). The summed E-state index contributed by atoms with van der Waals surface area (Å²) in [6.07, 6.45) is 0.828. The van der Waals surface area contributed by atoms with Crippen LogP contribution in [0.1, 0.15) is 25.0 Å². The summed E-state index contributed by atoms with van der Waals surface area (Å²) in [6, 6.07) is 5.75. The largest absolute Gasteiger partial charge is 0.486 e. The first-order chi connectivity index (χ1) is 6.53. The molecule has 0 saturated heterocycles. The van der Waals surface area contributed by atoms with Crippen LogP contribution < -0.4 is 4.74 Å².